The number of allylic oxidation sites excluding steroid dienone is 1. The molecule has 5 heteroatoms. The third-order valence-electron chi connectivity index (χ3n) is 2.13. The molecule has 0 radical (unpaired) electrons. The zero-order valence-electron chi connectivity index (χ0n) is 9.09. The highest BCUT2D eigenvalue weighted by molar-refractivity contribution is 6.04. The van der Waals surface area contributed by atoms with Crippen molar-refractivity contribution in [3.63, 3.8) is 0 Å². The van der Waals surface area contributed by atoms with Gasteiger partial charge in [-0.25, -0.2) is 4.98 Å². The van der Waals surface area contributed by atoms with Gasteiger partial charge in [0.05, 0.1) is 0 Å². The van der Waals surface area contributed by atoms with E-state index in [1.807, 2.05) is 0 Å². The van der Waals surface area contributed by atoms with E-state index in [0.717, 1.165) is 0 Å². The average molecular weight is 229 g/mol. The number of nitrogens with zero attached hydrogens (tertiary/aromatic N) is 2. The smallest absolute Gasteiger partial charge is 0.262 e. The predicted molar refractivity (Wildman–Crippen MR) is 62.6 cm³/mol. The molecule has 1 N–H and O–H groups in total. The van der Waals surface area contributed by atoms with E-state index in [2.05, 4.69) is 22.0 Å². The van der Waals surface area contributed by atoms with Gasteiger partial charge in [-0.1, -0.05) is 17.3 Å². The Bertz CT molecular complexity index is 520. The summed E-state index contributed by atoms with van der Waals surface area (Å²) in [5.74, 6) is 0.199. The van der Waals surface area contributed by atoms with Crippen LogP contribution in [0.5, 0.6) is 0 Å². The number of hydrogen-bond donors (Lipinski definition) is 1. The lowest BCUT2D eigenvalue weighted by Gasteiger charge is -2.02. The van der Waals surface area contributed by atoms with Crippen LogP contribution in [0.2, 0.25) is 0 Å². The van der Waals surface area contributed by atoms with Crippen molar-refractivity contribution in [1.82, 2.24) is 10.1 Å². The van der Waals surface area contributed by atoms with Crippen molar-refractivity contribution >= 4 is 11.7 Å². The highest BCUT2D eigenvalue weighted by Crippen LogP contribution is 2.10. The van der Waals surface area contributed by atoms with Crippen LogP contribution in [0.3, 0.4) is 0 Å². The topological polar surface area (TPSA) is 68.0 Å². The molecule has 0 saturated heterocycles. The summed E-state index contributed by atoms with van der Waals surface area (Å²) < 4.78 is 4.78. The molecule has 0 unspecified atom stereocenters. The molecule has 2 rings (SSSR count). The SMILES string of the molecule is C=CCc1nocc1C(=O)Nc1ccccn1. The normalized spacial score (nSPS) is 9.88. The van der Waals surface area contributed by atoms with E-state index >= 15 is 0 Å². The Kier molecular flexibility index (Phi) is 3.30. The van der Waals surface area contributed by atoms with Crippen LogP contribution in [0.4, 0.5) is 5.82 Å². The lowest BCUT2D eigenvalue weighted by atomic mass is 10.2. The Morgan fingerprint density at radius 1 is 1.53 bits per heavy atom. The summed E-state index contributed by atoms with van der Waals surface area (Å²) >= 11 is 0. The molecular formula is C12H11N3O2. The molecule has 2 aromatic heterocycles. The van der Waals surface area contributed by atoms with Gasteiger partial charge in [0.2, 0.25) is 0 Å². The molecule has 0 atom stereocenters. The zero-order chi connectivity index (χ0) is 12.1. The van der Waals surface area contributed by atoms with Gasteiger partial charge in [0.1, 0.15) is 23.3 Å². The molecule has 0 aliphatic carbocycles. The molecule has 0 spiro atoms. The largest absolute Gasteiger partial charge is 0.364 e. The van der Waals surface area contributed by atoms with E-state index in [0.29, 0.717) is 23.5 Å². The van der Waals surface area contributed by atoms with Gasteiger partial charge >= 0.3 is 0 Å². The van der Waals surface area contributed by atoms with Crippen molar-refractivity contribution in [2.24, 2.45) is 0 Å². The number of nitrogens with one attached hydrogen (secondary N) is 1. The molecule has 0 bridgehead atoms. The summed E-state index contributed by atoms with van der Waals surface area (Å²) in [4.78, 5) is 15.9. The molecule has 2 aromatic rings. The maximum absolute atomic E-state index is 11.9. The van der Waals surface area contributed by atoms with E-state index < -0.39 is 0 Å². The fourth-order valence-electron chi connectivity index (χ4n) is 1.35. The molecule has 5 nitrogen and oxygen atoms in total. The summed E-state index contributed by atoms with van der Waals surface area (Å²) in [6, 6.07) is 5.28. The third-order valence-corrected chi connectivity index (χ3v) is 2.13. The number of hydrogen-bond acceptors (Lipinski definition) is 4. The second kappa shape index (κ2) is 5.07. The maximum atomic E-state index is 11.9. The minimum Gasteiger partial charge on any atom is -0.364 e. The predicted octanol–water partition coefficient (Wildman–Crippen LogP) is 2.05. The van der Waals surface area contributed by atoms with Gasteiger partial charge in [-0.05, 0) is 12.1 Å². The van der Waals surface area contributed by atoms with E-state index in [9.17, 15) is 4.79 Å². The Morgan fingerprint density at radius 2 is 2.41 bits per heavy atom. The molecular weight excluding hydrogens is 218 g/mol. The highest BCUT2D eigenvalue weighted by atomic mass is 16.5. The minimum absolute atomic E-state index is 0.290. The second-order valence-electron chi connectivity index (χ2n) is 3.34. The van der Waals surface area contributed by atoms with Crippen molar-refractivity contribution in [3.05, 3.63) is 54.6 Å². The summed E-state index contributed by atoms with van der Waals surface area (Å²) in [6.45, 7) is 3.59. The van der Waals surface area contributed by atoms with Crippen LogP contribution in [0.15, 0.2) is 47.8 Å². The van der Waals surface area contributed by atoms with Gasteiger partial charge in [0.15, 0.2) is 0 Å². The van der Waals surface area contributed by atoms with Gasteiger partial charge < -0.3 is 9.84 Å². The summed E-state index contributed by atoms with van der Waals surface area (Å²) in [6.07, 6.45) is 5.07. The highest BCUT2D eigenvalue weighted by Gasteiger charge is 2.15. The Balaban J connectivity index is 2.15. The van der Waals surface area contributed by atoms with Crippen LogP contribution < -0.4 is 5.32 Å². The second-order valence-corrected chi connectivity index (χ2v) is 3.34. The summed E-state index contributed by atoms with van der Waals surface area (Å²) in [7, 11) is 0. The van der Waals surface area contributed by atoms with Crippen molar-refractivity contribution in [1.29, 1.82) is 0 Å². The molecule has 0 aliphatic rings. The van der Waals surface area contributed by atoms with Crippen LogP contribution in [-0.2, 0) is 6.42 Å². The number of anilines is 1. The Morgan fingerprint density at radius 3 is 3.12 bits per heavy atom. The minimum atomic E-state index is -0.290. The van der Waals surface area contributed by atoms with Crippen molar-refractivity contribution in [3.8, 4) is 0 Å². The number of amides is 1. The standard InChI is InChI=1S/C12H11N3O2/c1-2-5-10-9(8-17-15-10)12(16)14-11-6-3-4-7-13-11/h2-4,6-8H,1,5H2,(H,13,14,16). The van der Waals surface area contributed by atoms with Crippen LogP contribution in [0.1, 0.15) is 16.1 Å². The fraction of sp³-hybridized carbons (Fsp3) is 0.0833. The molecule has 2 heterocycles. The lowest BCUT2D eigenvalue weighted by molar-refractivity contribution is 0.102. The molecule has 0 saturated carbocycles. The van der Waals surface area contributed by atoms with Crippen molar-refractivity contribution < 1.29 is 9.32 Å². The van der Waals surface area contributed by atoms with Crippen LogP contribution >= 0.6 is 0 Å². The molecule has 86 valence electrons. The van der Waals surface area contributed by atoms with Crippen LogP contribution in [0, 0.1) is 0 Å². The van der Waals surface area contributed by atoms with Gasteiger partial charge in [0, 0.05) is 12.6 Å². The average Bonchev–Trinajstić information content (AvgIpc) is 2.79. The van der Waals surface area contributed by atoms with Gasteiger partial charge in [-0.2, -0.15) is 0 Å². The maximum Gasteiger partial charge on any atom is 0.262 e. The van der Waals surface area contributed by atoms with E-state index in [1.165, 1.54) is 6.26 Å². The fourth-order valence-corrected chi connectivity index (χ4v) is 1.35. The lowest BCUT2D eigenvalue weighted by Crippen LogP contribution is -2.13. The summed E-state index contributed by atoms with van der Waals surface area (Å²) in [5.41, 5.74) is 0.962. The third kappa shape index (κ3) is 2.57. The summed E-state index contributed by atoms with van der Waals surface area (Å²) in [5, 5.41) is 6.40. The van der Waals surface area contributed by atoms with Crippen molar-refractivity contribution in [2.75, 3.05) is 5.32 Å². The molecule has 0 aliphatic heterocycles. The van der Waals surface area contributed by atoms with E-state index in [4.69, 9.17) is 4.52 Å². The monoisotopic (exact) mass is 229 g/mol. The number of aromatic nitrogens is 2. The molecule has 17 heavy (non-hydrogen) atoms. The number of pyridine rings is 1. The first-order valence-corrected chi connectivity index (χ1v) is 5.08. The Hall–Kier alpha value is -2.43. The van der Waals surface area contributed by atoms with E-state index in [-0.39, 0.29) is 5.91 Å². The van der Waals surface area contributed by atoms with E-state index in [1.54, 1.807) is 30.5 Å². The number of carbonyl (C=O) groups excluding carboxylic acids is 1. The zero-order valence-corrected chi connectivity index (χ0v) is 9.09. The first-order chi connectivity index (χ1) is 8.31. The number of rotatable bonds is 4. The van der Waals surface area contributed by atoms with Gasteiger partial charge in [-0.3, -0.25) is 4.79 Å². The molecule has 0 fully saturated rings. The van der Waals surface area contributed by atoms with Crippen LogP contribution in [-0.4, -0.2) is 16.0 Å². The molecule has 1 amide bonds. The van der Waals surface area contributed by atoms with Crippen molar-refractivity contribution in [2.45, 2.75) is 6.42 Å². The Labute approximate surface area is 98.2 Å². The van der Waals surface area contributed by atoms with Gasteiger partial charge in [0.25, 0.3) is 5.91 Å². The number of carbonyl (C=O) groups is 1. The van der Waals surface area contributed by atoms with Gasteiger partial charge in [-0.15, -0.1) is 6.58 Å². The quantitative estimate of drug-likeness (QED) is 0.815. The first kappa shape index (κ1) is 11.1. The first-order valence-electron chi connectivity index (χ1n) is 5.08. The molecule has 0 aromatic carbocycles. The van der Waals surface area contributed by atoms with Crippen LogP contribution in [0.25, 0.3) is 0 Å².